The van der Waals surface area contributed by atoms with Crippen molar-refractivity contribution in [3.05, 3.63) is 65.2 Å². The maximum absolute atomic E-state index is 12.5. The number of rotatable bonds is 3. The van der Waals surface area contributed by atoms with Crippen molar-refractivity contribution >= 4 is 11.6 Å². The lowest BCUT2D eigenvalue weighted by Crippen LogP contribution is -2.48. The van der Waals surface area contributed by atoms with Gasteiger partial charge < -0.3 is 10.6 Å². The predicted molar refractivity (Wildman–Crippen MR) is 93.2 cm³/mol. The molecule has 4 heteroatoms. The number of anilines is 1. The van der Waals surface area contributed by atoms with Crippen LogP contribution in [0.15, 0.2) is 48.5 Å². The molecule has 0 spiro atoms. The van der Waals surface area contributed by atoms with Gasteiger partial charge in [0.05, 0.1) is 0 Å². The molecule has 2 N–H and O–H groups in total. The number of nitrogens with two attached hydrogens (primary N) is 1. The Balaban J connectivity index is 1.58. The third-order valence-electron chi connectivity index (χ3n) is 4.45. The van der Waals surface area contributed by atoms with Crippen molar-refractivity contribution in [2.24, 2.45) is 0 Å². The van der Waals surface area contributed by atoms with E-state index in [1.807, 2.05) is 17.0 Å². The second-order valence-electron chi connectivity index (χ2n) is 6.12. The minimum absolute atomic E-state index is 0.0767. The normalized spacial score (nSPS) is 15.6. The van der Waals surface area contributed by atoms with Crippen LogP contribution in [-0.4, -0.2) is 41.9 Å². The highest BCUT2D eigenvalue weighted by atomic mass is 16.2. The molecule has 0 bridgehead atoms. The van der Waals surface area contributed by atoms with Crippen LogP contribution in [0.25, 0.3) is 0 Å². The Labute approximate surface area is 137 Å². The van der Waals surface area contributed by atoms with Crippen LogP contribution in [0.5, 0.6) is 0 Å². The van der Waals surface area contributed by atoms with Gasteiger partial charge in [-0.2, -0.15) is 0 Å². The molecule has 1 amide bonds. The first-order chi connectivity index (χ1) is 11.1. The SMILES string of the molecule is Cc1ccccc1CN1CCN(C(=O)c2cccc(N)c2)CC1. The lowest BCUT2D eigenvalue weighted by atomic mass is 10.1. The molecular weight excluding hydrogens is 286 g/mol. The zero-order valence-corrected chi connectivity index (χ0v) is 13.5. The van der Waals surface area contributed by atoms with Crippen molar-refractivity contribution in [3.8, 4) is 0 Å². The fourth-order valence-corrected chi connectivity index (χ4v) is 2.99. The van der Waals surface area contributed by atoms with E-state index in [0.29, 0.717) is 11.3 Å². The van der Waals surface area contributed by atoms with Crippen molar-refractivity contribution in [2.45, 2.75) is 13.5 Å². The van der Waals surface area contributed by atoms with Gasteiger partial charge in [-0.05, 0) is 36.2 Å². The monoisotopic (exact) mass is 309 g/mol. The number of aryl methyl sites for hydroxylation is 1. The largest absolute Gasteiger partial charge is 0.399 e. The lowest BCUT2D eigenvalue weighted by Gasteiger charge is -2.35. The summed E-state index contributed by atoms with van der Waals surface area (Å²) in [5.41, 5.74) is 9.77. The fourth-order valence-electron chi connectivity index (χ4n) is 2.99. The van der Waals surface area contributed by atoms with Gasteiger partial charge in [0.1, 0.15) is 0 Å². The first-order valence-corrected chi connectivity index (χ1v) is 8.05. The van der Waals surface area contributed by atoms with Crippen molar-refractivity contribution in [2.75, 3.05) is 31.9 Å². The zero-order chi connectivity index (χ0) is 16.2. The van der Waals surface area contributed by atoms with E-state index in [1.165, 1.54) is 11.1 Å². The molecule has 23 heavy (non-hydrogen) atoms. The van der Waals surface area contributed by atoms with Gasteiger partial charge in [-0.3, -0.25) is 9.69 Å². The van der Waals surface area contributed by atoms with Gasteiger partial charge >= 0.3 is 0 Å². The Morgan fingerprint density at radius 1 is 1.04 bits per heavy atom. The van der Waals surface area contributed by atoms with Crippen LogP contribution in [0.2, 0.25) is 0 Å². The molecule has 4 nitrogen and oxygen atoms in total. The smallest absolute Gasteiger partial charge is 0.254 e. The number of amides is 1. The van der Waals surface area contributed by atoms with Crippen LogP contribution in [0, 0.1) is 6.92 Å². The van der Waals surface area contributed by atoms with Crippen LogP contribution >= 0.6 is 0 Å². The van der Waals surface area contributed by atoms with Gasteiger partial charge in [-0.25, -0.2) is 0 Å². The molecule has 120 valence electrons. The number of hydrogen-bond acceptors (Lipinski definition) is 3. The van der Waals surface area contributed by atoms with Crippen molar-refractivity contribution < 1.29 is 4.79 Å². The maximum Gasteiger partial charge on any atom is 0.254 e. The summed E-state index contributed by atoms with van der Waals surface area (Å²) >= 11 is 0. The standard InChI is InChI=1S/C19H23N3O/c1-15-5-2-3-6-17(15)14-21-9-11-22(12-10-21)19(23)16-7-4-8-18(20)13-16/h2-8,13H,9-12,14,20H2,1H3. The summed E-state index contributed by atoms with van der Waals surface area (Å²) in [7, 11) is 0. The molecule has 1 aliphatic rings. The molecule has 0 atom stereocenters. The topological polar surface area (TPSA) is 49.6 Å². The zero-order valence-electron chi connectivity index (χ0n) is 13.5. The quantitative estimate of drug-likeness (QED) is 0.887. The molecule has 2 aromatic carbocycles. The highest BCUT2D eigenvalue weighted by Gasteiger charge is 2.22. The summed E-state index contributed by atoms with van der Waals surface area (Å²) < 4.78 is 0. The minimum atomic E-state index is 0.0767. The van der Waals surface area contributed by atoms with E-state index in [4.69, 9.17) is 5.73 Å². The molecule has 1 aliphatic heterocycles. The van der Waals surface area contributed by atoms with Crippen molar-refractivity contribution in [1.82, 2.24) is 9.80 Å². The predicted octanol–water partition coefficient (Wildman–Crippen LogP) is 2.54. The molecule has 0 aliphatic carbocycles. The second-order valence-corrected chi connectivity index (χ2v) is 6.12. The van der Waals surface area contributed by atoms with Gasteiger partial charge in [0.2, 0.25) is 0 Å². The summed E-state index contributed by atoms with van der Waals surface area (Å²) in [5, 5.41) is 0. The minimum Gasteiger partial charge on any atom is -0.399 e. The van der Waals surface area contributed by atoms with Gasteiger partial charge in [-0.15, -0.1) is 0 Å². The Kier molecular flexibility index (Phi) is 4.63. The van der Waals surface area contributed by atoms with E-state index in [2.05, 4.69) is 36.1 Å². The average Bonchev–Trinajstić information content (AvgIpc) is 2.57. The molecule has 0 unspecified atom stereocenters. The fraction of sp³-hybridized carbons (Fsp3) is 0.316. The van der Waals surface area contributed by atoms with E-state index in [0.717, 1.165) is 32.7 Å². The number of hydrogen-bond donors (Lipinski definition) is 1. The third-order valence-corrected chi connectivity index (χ3v) is 4.45. The highest BCUT2D eigenvalue weighted by molar-refractivity contribution is 5.95. The van der Waals surface area contributed by atoms with Crippen LogP contribution < -0.4 is 5.73 Å². The molecule has 1 fully saturated rings. The summed E-state index contributed by atoms with van der Waals surface area (Å²) in [6.45, 7) is 6.44. The second kappa shape index (κ2) is 6.84. The Morgan fingerprint density at radius 2 is 1.78 bits per heavy atom. The molecule has 1 heterocycles. The van der Waals surface area contributed by atoms with E-state index < -0.39 is 0 Å². The maximum atomic E-state index is 12.5. The molecule has 2 aromatic rings. The molecule has 0 radical (unpaired) electrons. The number of carbonyl (C=O) groups excluding carboxylic acids is 1. The van der Waals surface area contributed by atoms with Gasteiger partial charge in [-0.1, -0.05) is 30.3 Å². The molecule has 0 saturated carbocycles. The van der Waals surface area contributed by atoms with Crippen molar-refractivity contribution in [1.29, 1.82) is 0 Å². The summed E-state index contributed by atoms with van der Waals surface area (Å²) in [5.74, 6) is 0.0767. The van der Waals surface area contributed by atoms with Gasteiger partial charge in [0.15, 0.2) is 0 Å². The van der Waals surface area contributed by atoms with Gasteiger partial charge in [0.25, 0.3) is 5.91 Å². The van der Waals surface area contributed by atoms with E-state index in [9.17, 15) is 4.79 Å². The van der Waals surface area contributed by atoms with E-state index >= 15 is 0 Å². The lowest BCUT2D eigenvalue weighted by molar-refractivity contribution is 0.0628. The first kappa shape index (κ1) is 15.6. The Hall–Kier alpha value is -2.33. The van der Waals surface area contributed by atoms with Crippen LogP contribution in [0.1, 0.15) is 21.5 Å². The van der Waals surface area contributed by atoms with E-state index in [1.54, 1.807) is 12.1 Å². The molecule has 1 saturated heterocycles. The van der Waals surface area contributed by atoms with Crippen LogP contribution in [0.3, 0.4) is 0 Å². The summed E-state index contributed by atoms with van der Waals surface area (Å²) in [4.78, 5) is 16.9. The van der Waals surface area contributed by atoms with Gasteiger partial charge in [0, 0.05) is 44.0 Å². The third kappa shape index (κ3) is 3.71. The van der Waals surface area contributed by atoms with Crippen molar-refractivity contribution in [3.63, 3.8) is 0 Å². The number of nitrogens with zero attached hydrogens (tertiary/aromatic N) is 2. The molecule has 0 aromatic heterocycles. The Morgan fingerprint density at radius 3 is 2.48 bits per heavy atom. The number of carbonyl (C=O) groups is 1. The summed E-state index contributed by atoms with van der Waals surface area (Å²) in [6, 6.07) is 15.7. The molecule has 3 rings (SSSR count). The first-order valence-electron chi connectivity index (χ1n) is 8.05. The average molecular weight is 309 g/mol. The van der Waals surface area contributed by atoms with E-state index in [-0.39, 0.29) is 5.91 Å². The number of piperazine rings is 1. The summed E-state index contributed by atoms with van der Waals surface area (Å²) in [6.07, 6.45) is 0. The highest BCUT2D eigenvalue weighted by Crippen LogP contribution is 2.15. The van der Waals surface area contributed by atoms with Crippen LogP contribution in [0.4, 0.5) is 5.69 Å². The Bertz CT molecular complexity index is 691. The molecular formula is C19H23N3O. The van der Waals surface area contributed by atoms with Crippen LogP contribution in [-0.2, 0) is 6.54 Å². The number of nitrogen functional groups attached to an aromatic ring is 1. The number of benzene rings is 2.